The van der Waals surface area contributed by atoms with Gasteiger partial charge in [0, 0.05) is 0 Å². The molecule has 5 aliphatic carbocycles. The van der Waals surface area contributed by atoms with Gasteiger partial charge in [0.05, 0.1) is 36.8 Å². The number of rotatable bonds is 9. The van der Waals surface area contributed by atoms with Gasteiger partial charge in [-0.1, -0.05) is 53.2 Å². The molecule has 0 radical (unpaired) electrons. The number of fused-ring (bicyclic) bond motifs is 7. The Balaban J connectivity index is 1.02. The van der Waals surface area contributed by atoms with Crippen LogP contribution in [0.3, 0.4) is 0 Å². The molecule has 4 saturated carbocycles. The molecular weight excluding hydrogens is 852 g/mol. The topological polar surface area (TPSA) is 292 Å². The number of aliphatic hydroxyl groups excluding tert-OH is 10. The Morgan fingerprint density at radius 1 is 0.708 bits per heavy atom. The molecule has 3 heterocycles. The summed E-state index contributed by atoms with van der Waals surface area (Å²) < 4.78 is 35.4. The summed E-state index contributed by atoms with van der Waals surface area (Å²) in [5.74, 6) is -0.738. The highest BCUT2D eigenvalue weighted by molar-refractivity contribution is 5.81. The summed E-state index contributed by atoms with van der Waals surface area (Å²) in [4.78, 5) is 28.8. The summed E-state index contributed by atoms with van der Waals surface area (Å²) >= 11 is 0. The zero-order valence-corrected chi connectivity index (χ0v) is 38.5. The van der Waals surface area contributed by atoms with E-state index in [4.69, 9.17) is 28.4 Å². The van der Waals surface area contributed by atoms with Gasteiger partial charge >= 0.3 is 5.97 Å². The van der Waals surface area contributed by atoms with E-state index in [1.807, 2.05) is 0 Å². The monoisotopic (exact) mass is 926 g/mol. The molecule has 3 aliphatic heterocycles. The molecule has 8 aliphatic rings. The Labute approximate surface area is 380 Å². The molecule has 7 fully saturated rings. The van der Waals surface area contributed by atoms with Crippen molar-refractivity contribution in [2.75, 3.05) is 19.8 Å². The molecule has 0 amide bonds. The highest BCUT2D eigenvalue weighted by Gasteiger charge is 2.71. The predicted molar refractivity (Wildman–Crippen MR) is 225 cm³/mol. The zero-order valence-electron chi connectivity index (χ0n) is 38.5. The summed E-state index contributed by atoms with van der Waals surface area (Å²) in [7, 11) is 0. The van der Waals surface area contributed by atoms with Gasteiger partial charge in [-0.2, -0.15) is 0 Å². The molecule has 0 unspecified atom stereocenters. The third-order valence-electron chi connectivity index (χ3n) is 18.7. The Bertz CT molecular complexity index is 1790. The number of allylic oxidation sites excluding steroid dienone is 2. The van der Waals surface area contributed by atoms with Crippen LogP contribution in [0.2, 0.25) is 0 Å². The van der Waals surface area contributed by atoms with Crippen molar-refractivity contribution in [2.45, 2.75) is 198 Å². The van der Waals surface area contributed by atoms with Crippen molar-refractivity contribution >= 4 is 12.3 Å². The quantitative estimate of drug-likeness (QED) is 0.0628. The third kappa shape index (κ3) is 7.71. The smallest absolute Gasteiger partial charge is 0.315 e. The van der Waals surface area contributed by atoms with E-state index in [1.54, 1.807) is 0 Å². The van der Waals surface area contributed by atoms with Crippen LogP contribution >= 0.6 is 0 Å². The van der Waals surface area contributed by atoms with Crippen LogP contribution in [-0.4, -0.2) is 175 Å². The van der Waals surface area contributed by atoms with Crippen molar-refractivity contribution in [3.63, 3.8) is 0 Å². The van der Waals surface area contributed by atoms with E-state index in [2.05, 4.69) is 47.6 Å². The lowest BCUT2D eigenvalue weighted by Crippen LogP contribution is -2.67. The van der Waals surface area contributed by atoms with Crippen molar-refractivity contribution in [1.82, 2.24) is 0 Å². The molecule has 10 N–H and O–H groups in total. The van der Waals surface area contributed by atoms with E-state index in [0.717, 1.165) is 37.5 Å². The number of ether oxygens (including phenoxy) is 6. The highest BCUT2D eigenvalue weighted by atomic mass is 16.7. The third-order valence-corrected chi connectivity index (χ3v) is 18.7. The van der Waals surface area contributed by atoms with Gasteiger partial charge in [0.25, 0.3) is 0 Å². The molecule has 0 spiro atoms. The van der Waals surface area contributed by atoms with Gasteiger partial charge in [-0.3, -0.25) is 4.79 Å². The van der Waals surface area contributed by atoms with Crippen LogP contribution in [0.15, 0.2) is 11.6 Å². The molecule has 0 aromatic carbocycles. The number of esters is 1. The summed E-state index contributed by atoms with van der Waals surface area (Å²) in [5.41, 5.74) is -2.29. The molecule has 18 nitrogen and oxygen atoms in total. The molecule has 0 aromatic heterocycles. The molecule has 8 rings (SSSR count). The number of carbonyl (C=O) groups is 2. The van der Waals surface area contributed by atoms with E-state index >= 15 is 0 Å². The maximum absolute atomic E-state index is 14.6. The number of hydrogen-bond donors (Lipinski definition) is 10. The second kappa shape index (κ2) is 17.6. The Morgan fingerprint density at radius 2 is 1.32 bits per heavy atom. The first-order chi connectivity index (χ1) is 30.5. The predicted octanol–water partition coefficient (Wildman–Crippen LogP) is -0.0414. The molecule has 0 bridgehead atoms. The fourth-order valence-corrected chi connectivity index (χ4v) is 14.7. The van der Waals surface area contributed by atoms with Gasteiger partial charge in [0.15, 0.2) is 12.6 Å². The van der Waals surface area contributed by atoms with Crippen LogP contribution in [0, 0.1) is 50.2 Å². The van der Waals surface area contributed by atoms with Gasteiger partial charge in [-0.25, -0.2) is 0 Å². The average Bonchev–Trinajstić information content (AvgIpc) is 3.26. The Kier molecular flexibility index (Phi) is 13.5. The number of aliphatic hydroxyl groups is 10. The Morgan fingerprint density at radius 3 is 1.95 bits per heavy atom. The lowest BCUT2D eigenvalue weighted by Gasteiger charge is -2.70. The first-order valence-electron chi connectivity index (χ1n) is 23.7. The summed E-state index contributed by atoms with van der Waals surface area (Å²) in [6.45, 7) is 11.7. The minimum Gasteiger partial charge on any atom is -0.432 e. The van der Waals surface area contributed by atoms with E-state index in [0.29, 0.717) is 38.5 Å². The molecular formula is C47H74O18. The van der Waals surface area contributed by atoms with Crippen molar-refractivity contribution in [3.05, 3.63) is 11.6 Å². The van der Waals surface area contributed by atoms with Gasteiger partial charge in [-0.15, -0.1) is 0 Å². The standard InChI is InChI=1S/C47H74O18/c1-42(2)13-14-46(41(59)65-40-35(57)33(55)31(53)26(19-49)62-40)15-16-47(21-50)22(23(46)17-42)7-8-28-44(5)11-10-29(43(3,4)27(44)9-12-45(28,47)6)63-38-36(58)37(24(51)20-60-38)64-39-34(56)32(54)30(52)25(18-48)61-39/h7,21,23-40,48-49,51-58H,8-20H2,1-6H3/t23-,24-,25+,26+,27-,28+,29-,30+,31+,32-,33-,34+,35+,36+,37-,38-,39-,40-,44-,45+,46-,47-/m0/s1. The van der Waals surface area contributed by atoms with Gasteiger partial charge < -0.3 is 84.3 Å². The van der Waals surface area contributed by atoms with Crippen molar-refractivity contribution in [2.24, 2.45) is 50.2 Å². The van der Waals surface area contributed by atoms with Crippen LogP contribution in [0.5, 0.6) is 0 Å². The van der Waals surface area contributed by atoms with Crippen LogP contribution in [0.4, 0.5) is 0 Å². The fourth-order valence-electron chi connectivity index (χ4n) is 14.7. The Hall–Kier alpha value is -1.72. The second-order valence-electron chi connectivity index (χ2n) is 22.8. The largest absolute Gasteiger partial charge is 0.432 e. The van der Waals surface area contributed by atoms with Crippen LogP contribution < -0.4 is 0 Å². The average molecular weight is 927 g/mol. The lowest BCUT2D eigenvalue weighted by atomic mass is 9.33. The highest BCUT2D eigenvalue weighted by Crippen LogP contribution is 2.75. The summed E-state index contributed by atoms with van der Waals surface area (Å²) in [5, 5.41) is 105. The molecule has 18 heteroatoms. The van der Waals surface area contributed by atoms with Crippen LogP contribution in [0.25, 0.3) is 0 Å². The molecule has 370 valence electrons. The van der Waals surface area contributed by atoms with E-state index in [1.165, 1.54) is 0 Å². The van der Waals surface area contributed by atoms with Gasteiger partial charge in [0.2, 0.25) is 6.29 Å². The first-order valence-corrected chi connectivity index (χ1v) is 23.7. The number of hydrogen-bond acceptors (Lipinski definition) is 18. The minimum atomic E-state index is -1.74. The second-order valence-corrected chi connectivity index (χ2v) is 22.8. The van der Waals surface area contributed by atoms with Crippen LogP contribution in [-0.2, 0) is 38.0 Å². The van der Waals surface area contributed by atoms with Crippen molar-refractivity contribution in [3.8, 4) is 0 Å². The molecule has 65 heavy (non-hydrogen) atoms. The van der Waals surface area contributed by atoms with Crippen molar-refractivity contribution in [1.29, 1.82) is 0 Å². The number of aldehydes is 1. The normalized spacial score (nSPS) is 52.7. The first kappa shape index (κ1) is 49.7. The SMILES string of the molecule is CC1(C)CC[C@]2(C(=O)O[C@@H]3O[C@H](CO)[C@@H](O)[C@H](O)[C@H]3O)CC[C@]3(C=O)C(=CC[C@@H]4[C@@]5(C)CC[C@H](O[C@@H]6OC[C@H](O)[C@H](O[C@@H]7O[C@H](CO)[C@@H](O)[C@H](O)[C@H]7O)[C@H]6O)C(C)(C)[C@@H]5CC[C@]43C)[C@@H]2C1. The van der Waals surface area contributed by atoms with E-state index in [9.17, 15) is 60.7 Å². The maximum Gasteiger partial charge on any atom is 0.315 e. The van der Waals surface area contributed by atoms with E-state index < -0.39 is 133 Å². The van der Waals surface area contributed by atoms with E-state index in [-0.39, 0.29) is 35.2 Å². The van der Waals surface area contributed by atoms with Crippen molar-refractivity contribution < 1.29 is 89.1 Å². The lowest BCUT2D eigenvalue weighted by molar-refractivity contribution is -0.357. The fraction of sp³-hybridized carbons (Fsp3) is 0.915. The zero-order chi connectivity index (χ0) is 47.4. The summed E-state index contributed by atoms with van der Waals surface area (Å²) in [6, 6.07) is 0. The maximum atomic E-state index is 14.6. The van der Waals surface area contributed by atoms with Crippen LogP contribution in [0.1, 0.15) is 106 Å². The molecule has 3 saturated heterocycles. The van der Waals surface area contributed by atoms with Gasteiger partial charge in [0.1, 0.15) is 73.4 Å². The molecule has 22 atom stereocenters. The number of carbonyl (C=O) groups excluding carboxylic acids is 2. The minimum absolute atomic E-state index is 0.0797. The summed E-state index contributed by atoms with van der Waals surface area (Å²) in [6.07, 6.45) is -12.1. The van der Waals surface area contributed by atoms with Gasteiger partial charge in [-0.05, 0) is 104 Å². The molecule has 0 aromatic rings.